The maximum atomic E-state index is 12.5. The predicted octanol–water partition coefficient (Wildman–Crippen LogP) is 2.52. The van der Waals surface area contributed by atoms with Crippen molar-refractivity contribution in [3.63, 3.8) is 0 Å². The minimum absolute atomic E-state index is 0.00308. The minimum Gasteiger partial charge on any atom is -0.503 e. The van der Waals surface area contributed by atoms with E-state index in [9.17, 15) is 14.7 Å². The Balaban J connectivity index is 2.09. The molecule has 0 fully saturated rings. The molecule has 1 heterocycles. The zero-order valence-corrected chi connectivity index (χ0v) is 14.4. The number of nitriles is 1. The number of carbonyl (C=O) groups excluding carboxylic acids is 2. The molecule has 0 radical (unpaired) electrons. The molecule has 126 valence electrons. The van der Waals surface area contributed by atoms with Gasteiger partial charge in [-0.2, -0.15) is 5.26 Å². The van der Waals surface area contributed by atoms with Gasteiger partial charge in [0.05, 0.1) is 34.7 Å². The van der Waals surface area contributed by atoms with E-state index in [4.69, 9.17) is 28.5 Å². The second-order valence-electron chi connectivity index (χ2n) is 5.37. The second-order valence-corrected chi connectivity index (χ2v) is 6.19. The van der Waals surface area contributed by atoms with Gasteiger partial charge in [-0.1, -0.05) is 29.3 Å². The Kier molecular flexibility index (Phi) is 5.71. The summed E-state index contributed by atoms with van der Waals surface area (Å²) in [6, 6.07) is 6.96. The summed E-state index contributed by atoms with van der Waals surface area (Å²) in [6.07, 6.45) is 0.138. The van der Waals surface area contributed by atoms with Crippen molar-refractivity contribution >= 4 is 35.0 Å². The van der Waals surface area contributed by atoms with E-state index in [0.29, 0.717) is 10.0 Å². The Bertz CT molecular complexity index is 755. The van der Waals surface area contributed by atoms with Gasteiger partial charge < -0.3 is 14.9 Å². The monoisotopic (exact) mass is 367 g/mol. The van der Waals surface area contributed by atoms with E-state index in [0.717, 1.165) is 5.56 Å². The van der Waals surface area contributed by atoms with Crippen LogP contribution < -0.4 is 0 Å². The van der Waals surface area contributed by atoms with Crippen LogP contribution in [-0.4, -0.2) is 46.9 Å². The lowest BCUT2D eigenvalue weighted by atomic mass is 10.2. The van der Waals surface area contributed by atoms with Gasteiger partial charge >= 0.3 is 0 Å². The van der Waals surface area contributed by atoms with Crippen LogP contribution in [0.4, 0.5) is 0 Å². The highest BCUT2D eigenvalue weighted by atomic mass is 35.5. The number of aliphatic hydroxyl groups excluding tert-OH is 1. The van der Waals surface area contributed by atoms with E-state index in [1.807, 2.05) is 6.07 Å². The van der Waals surface area contributed by atoms with Crippen LogP contribution in [0, 0.1) is 11.3 Å². The molecule has 2 rings (SSSR count). The van der Waals surface area contributed by atoms with Gasteiger partial charge in [-0.15, -0.1) is 0 Å². The molecule has 1 N–H and O–H groups in total. The number of hydrogen-bond acceptors (Lipinski definition) is 4. The first kappa shape index (κ1) is 18.1. The number of carbonyl (C=O) groups is 2. The van der Waals surface area contributed by atoms with E-state index >= 15 is 0 Å². The standard InChI is InChI=1S/C16H15Cl2N3O3/c1-20(8-10-3-4-12(17)13(18)7-10)15(23)11-9-21(6-2-5-19)16(24)14(11)22/h3-4,7,22H,2,6,8-9H2,1H3. The van der Waals surface area contributed by atoms with Crippen LogP contribution in [0.5, 0.6) is 0 Å². The summed E-state index contributed by atoms with van der Waals surface area (Å²) in [5.41, 5.74) is 0.798. The molecule has 0 spiro atoms. The summed E-state index contributed by atoms with van der Waals surface area (Å²) >= 11 is 11.8. The average molecular weight is 368 g/mol. The van der Waals surface area contributed by atoms with Crippen molar-refractivity contribution in [3.05, 3.63) is 45.1 Å². The lowest BCUT2D eigenvalue weighted by molar-refractivity contribution is -0.128. The fourth-order valence-corrected chi connectivity index (χ4v) is 2.69. The summed E-state index contributed by atoms with van der Waals surface area (Å²) in [5.74, 6) is -1.64. The number of amides is 2. The molecule has 0 aromatic heterocycles. The molecule has 0 unspecified atom stereocenters. The zero-order valence-electron chi connectivity index (χ0n) is 12.9. The zero-order chi connectivity index (χ0) is 17.9. The molecule has 1 aromatic rings. The summed E-state index contributed by atoms with van der Waals surface area (Å²) in [4.78, 5) is 27.0. The molecule has 0 aliphatic carbocycles. The SMILES string of the molecule is CN(Cc1ccc(Cl)c(Cl)c1)C(=O)C1=C(O)C(=O)N(CCC#N)C1. The van der Waals surface area contributed by atoms with Gasteiger partial charge in [0, 0.05) is 20.1 Å². The molecule has 0 bridgehead atoms. The minimum atomic E-state index is -0.628. The molecule has 0 saturated carbocycles. The normalized spacial score (nSPS) is 14.1. The van der Waals surface area contributed by atoms with Crippen LogP contribution in [0.25, 0.3) is 0 Å². The van der Waals surface area contributed by atoms with E-state index < -0.39 is 17.6 Å². The Morgan fingerprint density at radius 2 is 2.12 bits per heavy atom. The molecular formula is C16H15Cl2N3O3. The third-order valence-corrected chi connectivity index (χ3v) is 4.37. The quantitative estimate of drug-likeness (QED) is 0.866. The van der Waals surface area contributed by atoms with Gasteiger partial charge in [0.15, 0.2) is 5.76 Å². The summed E-state index contributed by atoms with van der Waals surface area (Å²) < 4.78 is 0. The number of rotatable bonds is 5. The first-order valence-corrected chi connectivity index (χ1v) is 7.88. The van der Waals surface area contributed by atoms with Crippen LogP contribution in [0.2, 0.25) is 10.0 Å². The molecule has 0 atom stereocenters. The van der Waals surface area contributed by atoms with Crippen LogP contribution >= 0.6 is 23.2 Å². The number of benzene rings is 1. The van der Waals surface area contributed by atoms with Gasteiger partial charge in [0.1, 0.15) is 0 Å². The van der Waals surface area contributed by atoms with Gasteiger partial charge in [-0.05, 0) is 17.7 Å². The lowest BCUT2D eigenvalue weighted by Gasteiger charge is -2.19. The fraction of sp³-hybridized carbons (Fsp3) is 0.312. The first-order chi connectivity index (χ1) is 11.3. The molecule has 8 heteroatoms. The van der Waals surface area contributed by atoms with Crippen LogP contribution in [0.15, 0.2) is 29.5 Å². The lowest BCUT2D eigenvalue weighted by Crippen LogP contribution is -2.31. The van der Waals surface area contributed by atoms with E-state index in [1.54, 1.807) is 25.2 Å². The molecule has 2 amide bonds. The van der Waals surface area contributed by atoms with Gasteiger partial charge in [-0.25, -0.2) is 0 Å². The predicted molar refractivity (Wildman–Crippen MR) is 89.4 cm³/mol. The Labute approximate surface area is 149 Å². The summed E-state index contributed by atoms with van der Waals surface area (Å²) in [6.45, 7) is 0.419. The van der Waals surface area contributed by atoms with E-state index in [1.165, 1.54) is 9.80 Å². The molecule has 24 heavy (non-hydrogen) atoms. The van der Waals surface area contributed by atoms with Gasteiger partial charge in [0.2, 0.25) is 0 Å². The Morgan fingerprint density at radius 1 is 1.42 bits per heavy atom. The van der Waals surface area contributed by atoms with Crippen LogP contribution in [0.3, 0.4) is 0 Å². The molecule has 0 saturated heterocycles. The van der Waals surface area contributed by atoms with Crippen molar-refractivity contribution in [2.45, 2.75) is 13.0 Å². The van der Waals surface area contributed by atoms with Crippen molar-refractivity contribution in [1.82, 2.24) is 9.80 Å². The topological polar surface area (TPSA) is 84.6 Å². The van der Waals surface area contributed by atoms with Crippen molar-refractivity contribution < 1.29 is 14.7 Å². The molecule has 1 aliphatic rings. The maximum absolute atomic E-state index is 12.5. The molecule has 1 aromatic carbocycles. The molecular weight excluding hydrogens is 353 g/mol. The number of halogens is 2. The largest absolute Gasteiger partial charge is 0.503 e. The highest BCUT2D eigenvalue weighted by molar-refractivity contribution is 6.42. The number of hydrogen-bond donors (Lipinski definition) is 1. The number of aliphatic hydroxyl groups is 1. The van der Waals surface area contributed by atoms with Gasteiger partial charge in [0.25, 0.3) is 11.8 Å². The van der Waals surface area contributed by atoms with Crippen molar-refractivity contribution in [2.24, 2.45) is 0 Å². The average Bonchev–Trinajstić information content (AvgIpc) is 2.83. The van der Waals surface area contributed by atoms with E-state index in [2.05, 4.69) is 0 Å². The second kappa shape index (κ2) is 7.56. The number of likely N-dealkylation sites (N-methyl/N-ethyl adjacent to an activating group) is 1. The summed E-state index contributed by atoms with van der Waals surface area (Å²) in [7, 11) is 1.56. The van der Waals surface area contributed by atoms with Crippen molar-refractivity contribution in [1.29, 1.82) is 5.26 Å². The van der Waals surface area contributed by atoms with Crippen LogP contribution in [0.1, 0.15) is 12.0 Å². The van der Waals surface area contributed by atoms with E-state index in [-0.39, 0.29) is 31.6 Å². The third kappa shape index (κ3) is 3.81. The Morgan fingerprint density at radius 3 is 2.75 bits per heavy atom. The molecule has 1 aliphatic heterocycles. The van der Waals surface area contributed by atoms with Crippen molar-refractivity contribution in [2.75, 3.05) is 20.1 Å². The maximum Gasteiger partial charge on any atom is 0.289 e. The highest BCUT2D eigenvalue weighted by Crippen LogP contribution is 2.24. The highest BCUT2D eigenvalue weighted by Gasteiger charge is 2.34. The smallest absolute Gasteiger partial charge is 0.289 e. The summed E-state index contributed by atoms with van der Waals surface area (Å²) in [5, 5.41) is 19.3. The Hall–Kier alpha value is -2.23. The van der Waals surface area contributed by atoms with Crippen molar-refractivity contribution in [3.8, 4) is 6.07 Å². The van der Waals surface area contributed by atoms with Crippen LogP contribution in [-0.2, 0) is 16.1 Å². The third-order valence-electron chi connectivity index (χ3n) is 3.63. The molecule has 6 nitrogen and oxygen atoms in total. The fourth-order valence-electron chi connectivity index (χ4n) is 2.36. The number of nitrogens with zero attached hydrogens (tertiary/aromatic N) is 3. The first-order valence-electron chi connectivity index (χ1n) is 7.13. The van der Waals surface area contributed by atoms with Gasteiger partial charge in [-0.3, -0.25) is 9.59 Å².